The van der Waals surface area contributed by atoms with Crippen molar-refractivity contribution in [2.45, 2.75) is 37.5 Å². The summed E-state index contributed by atoms with van der Waals surface area (Å²) in [6.45, 7) is 1.48. The number of rotatable bonds is 2. The Bertz CT molecular complexity index is 476. The fraction of sp³-hybridized carbons (Fsp3) is 0.500. The van der Waals surface area contributed by atoms with Crippen LogP contribution in [0.1, 0.15) is 31.2 Å². The Morgan fingerprint density at radius 3 is 2.63 bits per heavy atom. The highest BCUT2D eigenvalue weighted by molar-refractivity contribution is 5.50. The maximum absolute atomic E-state index is 5.74. The molecule has 1 aliphatic carbocycles. The third-order valence-corrected chi connectivity index (χ3v) is 3.96. The molecule has 3 heteroatoms. The lowest BCUT2D eigenvalue weighted by Crippen LogP contribution is -2.39. The van der Waals surface area contributed by atoms with Crippen molar-refractivity contribution >= 4 is 5.69 Å². The molecule has 0 bridgehead atoms. The van der Waals surface area contributed by atoms with Gasteiger partial charge in [-0.3, -0.25) is 0 Å². The number of ether oxygens (including phenoxy) is 2. The maximum Gasteiger partial charge on any atom is 0.168 e. The molecule has 100 valence electrons. The lowest BCUT2D eigenvalue weighted by Gasteiger charge is -2.36. The topological polar surface area (TPSA) is 30.5 Å². The predicted octanol–water partition coefficient (Wildman–Crippen LogP) is 2.77. The van der Waals surface area contributed by atoms with Crippen molar-refractivity contribution in [3.8, 4) is 12.3 Å². The summed E-state index contributed by atoms with van der Waals surface area (Å²) in [4.78, 5) is 0. The van der Waals surface area contributed by atoms with Crippen molar-refractivity contribution < 1.29 is 9.47 Å². The molecule has 0 aromatic heterocycles. The van der Waals surface area contributed by atoms with Gasteiger partial charge in [0, 0.05) is 30.1 Å². The number of hydrogen-bond donors (Lipinski definition) is 1. The molecule has 2 fully saturated rings. The molecule has 1 spiro atoms. The molecule has 1 heterocycles. The van der Waals surface area contributed by atoms with Crippen LogP contribution in [0.15, 0.2) is 24.3 Å². The van der Waals surface area contributed by atoms with Crippen molar-refractivity contribution in [1.82, 2.24) is 0 Å². The molecule has 1 saturated carbocycles. The van der Waals surface area contributed by atoms with Crippen LogP contribution in [0.3, 0.4) is 0 Å². The Kier molecular flexibility index (Phi) is 3.46. The number of terminal acetylenes is 1. The van der Waals surface area contributed by atoms with Crippen molar-refractivity contribution in [3.63, 3.8) is 0 Å². The zero-order valence-corrected chi connectivity index (χ0v) is 11.0. The third-order valence-electron chi connectivity index (χ3n) is 3.96. The quantitative estimate of drug-likeness (QED) is 0.826. The molecule has 0 atom stereocenters. The highest BCUT2D eigenvalue weighted by atomic mass is 16.7. The van der Waals surface area contributed by atoms with E-state index in [2.05, 4.69) is 17.3 Å². The van der Waals surface area contributed by atoms with E-state index in [1.54, 1.807) is 0 Å². The fourth-order valence-electron chi connectivity index (χ4n) is 2.92. The van der Waals surface area contributed by atoms with Crippen LogP contribution < -0.4 is 5.32 Å². The standard InChI is InChI=1S/C16H19NO2/c1-2-13-4-3-5-15(12-13)17-14-6-8-16(9-7-14)18-10-11-19-16/h1,3-5,12,14,17H,6-11H2. The summed E-state index contributed by atoms with van der Waals surface area (Å²) in [7, 11) is 0. The minimum atomic E-state index is -0.279. The molecule has 0 amide bonds. The maximum atomic E-state index is 5.74. The normalized spacial score (nSPS) is 22.3. The summed E-state index contributed by atoms with van der Waals surface area (Å²) in [5, 5.41) is 3.56. The molecule has 3 rings (SSSR count). The lowest BCUT2D eigenvalue weighted by molar-refractivity contribution is -0.177. The first-order chi connectivity index (χ1) is 9.30. The first-order valence-corrected chi connectivity index (χ1v) is 6.91. The van der Waals surface area contributed by atoms with Gasteiger partial charge in [-0.25, -0.2) is 0 Å². The minimum absolute atomic E-state index is 0.279. The van der Waals surface area contributed by atoms with Crippen molar-refractivity contribution in [1.29, 1.82) is 0 Å². The van der Waals surface area contributed by atoms with E-state index >= 15 is 0 Å². The molecule has 1 aromatic rings. The van der Waals surface area contributed by atoms with Crippen molar-refractivity contribution in [3.05, 3.63) is 29.8 Å². The molecule has 19 heavy (non-hydrogen) atoms. The van der Waals surface area contributed by atoms with Crippen molar-refractivity contribution in [2.75, 3.05) is 18.5 Å². The summed E-state index contributed by atoms with van der Waals surface area (Å²) in [5.41, 5.74) is 2.02. The third kappa shape index (κ3) is 2.75. The second kappa shape index (κ2) is 5.24. The Morgan fingerprint density at radius 2 is 1.95 bits per heavy atom. The van der Waals surface area contributed by atoms with Crippen LogP contribution in [-0.4, -0.2) is 25.0 Å². The monoisotopic (exact) mass is 257 g/mol. The summed E-state index contributed by atoms with van der Waals surface area (Å²) >= 11 is 0. The molecule has 0 unspecified atom stereocenters. The minimum Gasteiger partial charge on any atom is -0.382 e. The smallest absolute Gasteiger partial charge is 0.168 e. The van der Waals surface area contributed by atoms with Gasteiger partial charge < -0.3 is 14.8 Å². The van der Waals surface area contributed by atoms with Crippen LogP contribution >= 0.6 is 0 Å². The fourth-order valence-corrected chi connectivity index (χ4v) is 2.92. The van der Waals surface area contributed by atoms with Gasteiger partial charge in [-0.05, 0) is 31.0 Å². The molecule has 1 aromatic carbocycles. The van der Waals surface area contributed by atoms with Gasteiger partial charge in [-0.1, -0.05) is 12.0 Å². The largest absolute Gasteiger partial charge is 0.382 e. The van der Waals surface area contributed by atoms with Gasteiger partial charge in [0.1, 0.15) is 0 Å². The van der Waals surface area contributed by atoms with Crippen molar-refractivity contribution in [2.24, 2.45) is 0 Å². The van der Waals surface area contributed by atoms with Crippen LogP contribution in [0.5, 0.6) is 0 Å². The van der Waals surface area contributed by atoms with Gasteiger partial charge in [-0.15, -0.1) is 6.42 Å². The van der Waals surface area contributed by atoms with E-state index in [-0.39, 0.29) is 5.79 Å². The van der Waals surface area contributed by atoms with E-state index < -0.39 is 0 Å². The van der Waals surface area contributed by atoms with Gasteiger partial charge in [0.05, 0.1) is 13.2 Å². The van der Waals surface area contributed by atoms with Gasteiger partial charge in [-0.2, -0.15) is 0 Å². The number of benzene rings is 1. The van der Waals surface area contributed by atoms with Crippen LogP contribution in [0, 0.1) is 12.3 Å². The Morgan fingerprint density at radius 1 is 1.21 bits per heavy atom. The van der Waals surface area contributed by atoms with Gasteiger partial charge in [0.15, 0.2) is 5.79 Å². The summed E-state index contributed by atoms with van der Waals surface area (Å²) in [6, 6.07) is 8.50. The highest BCUT2D eigenvalue weighted by Gasteiger charge is 2.40. The zero-order chi connectivity index (χ0) is 13.1. The van der Waals surface area contributed by atoms with Crippen LogP contribution in [0.2, 0.25) is 0 Å². The van der Waals surface area contributed by atoms with E-state index in [9.17, 15) is 0 Å². The second-order valence-electron chi connectivity index (χ2n) is 5.25. The predicted molar refractivity (Wildman–Crippen MR) is 74.9 cm³/mol. The molecular formula is C16H19NO2. The van der Waals surface area contributed by atoms with Crippen LogP contribution in [0.25, 0.3) is 0 Å². The first-order valence-electron chi connectivity index (χ1n) is 6.91. The van der Waals surface area contributed by atoms with Gasteiger partial charge in [0.2, 0.25) is 0 Å². The Labute approximate surface area is 114 Å². The van der Waals surface area contributed by atoms with Gasteiger partial charge in [0.25, 0.3) is 0 Å². The van der Waals surface area contributed by atoms with E-state index in [4.69, 9.17) is 15.9 Å². The molecule has 2 aliphatic rings. The average Bonchev–Trinajstić information content (AvgIpc) is 2.90. The number of nitrogens with one attached hydrogen (secondary N) is 1. The molecule has 1 aliphatic heterocycles. The van der Waals surface area contributed by atoms with E-state index in [0.717, 1.165) is 50.1 Å². The van der Waals surface area contributed by atoms with Crippen LogP contribution in [0.4, 0.5) is 5.69 Å². The molecule has 0 radical (unpaired) electrons. The summed E-state index contributed by atoms with van der Waals surface area (Å²) < 4.78 is 11.5. The van der Waals surface area contributed by atoms with Gasteiger partial charge >= 0.3 is 0 Å². The van der Waals surface area contributed by atoms with E-state index in [0.29, 0.717) is 6.04 Å². The number of anilines is 1. The first kappa shape index (κ1) is 12.5. The SMILES string of the molecule is C#Cc1cccc(NC2CCC3(CC2)OCCO3)c1. The van der Waals surface area contributed by atoms with E-state index in [1.807, 2.05) is 18.2 Å². The highest BCUT2D eigenvalue weighted by Crippen LogP contribution is 2.36. The van der Waals surface area contributed by atoms with Crippen LogP contribution in [-0.2, 0) is 9.47 Å². The Balaban J connectivity index is 1.58. The molecule has 1 saturated heterocycles. The van der Waals surface area contributed by atoms with E-state index in [1.165, 1.54) is 0 Å². The number of hydrogen-bond acceptors (Lipinski definition) is 3. The average molecular weight is 257 g/mol. The second-order valence-corrected chi connectivity index (χ2v) is 5.25. The molecule has 1 N–H and O–H groups in total. The Hall–Kier alpha value is -1.50. The molecule has 3 nitrogen and oxygen atoms in total. The summed E-state index contributed by atoms with van der Waals surface area (Å²) in [5.74, 6) is 2.39. The zero-order valence-electron chi connectivity index (χ0n) is 11.0. The lowest BCUT2D eigenvalue weighted by atomic mass is 9.90. The summed E-state index contributed by atoms with van der Waals surface area (Å²) in [6.07, 6.45) is 9.50. The molecular weight excluding hydrogens is 238 g/mol.